The number of halogens is 1. The third-order valence-electron chi connectivity index (χ3n) is 3.73. The normalized spacial score (nSPS) is 17.6. The second-order valence-electron chi connectivity index (χ2n) is 4.76. The summed E-state index contributed by atoms with van der Waals surface area (Å²) in [5, 5.41) is 4.16. The van der Waals surface area contributed by atoms with Crippen LogP contribution in [0.25, 0.3) is 0 Å². The van der Waals surface area contributed by atoms with E-state index in [2.05, 4.69) is 11.4 Å². The van der Waals surface area contributed by atoms with Gasteiger partial charge in [0.25, 0.3) is 0 Å². The molecule has 1 atom stereocenters. The highest BCUT2D eigenvalue weighted by Gasteiger charge is 2.23. The van der Waals surface area contributed by atoms with Gasteiger partial charge in [-0.3, -0.25) is 0 Å². The Hall–Kier alpha value is -0.730. The molecule has 0 amide bonds. The van der Waals surface area contributed by atoms with Crippen molar-refractivity contribution in [1.82, 2.24) is 5.32 Å². The SMILES string of the molecule is CNC(CC1CCC1)c1ccc(OC)cc1Cl. The van der Waals surface area contributed by atoms with Crippen LogP contribution in [0.5, 0.6) is 5.75 Å². The Balaban J connectivity index is 2.11. The van der Waals surface area contributed by atoms with Gasteiger partial charge in [-0.15, -0.1) is 0 Å². The van der Waals surface area contributed by atoms with Crippen molar-refractivity contribution in [2.24, 2.45) is 5.92 Å². The van der Waals surface area contributed by atoms with Crippen LogP contribution >= 0.6 is 11.6 Å². The molecule has 3 heteroatoms. The molecule has 1 aliphatic carbocycles. The molecule has 0 heterocycles. The van der Waals surface area contributed by atoms with Crippen molar-refractivity contribution in [2.75, 3.05) is 14.2 Å². The number of hydrogen-bond donors (Lipinski definition) is 1. The number of benzene rings is 1. The lowest BCUT2D eigenvalue weighted by Crippen LogP contribution is -2.23. The van der Waals surface area contributed by atoms with Crippen LogP contribution < -0.4 is 10.1 Å². The topological polar surface area (TPSA) is 21.3 Å². The van der Waals surface area contributed by atoms with E-state index in [4.69, 9.17) is 16.3 Å². The first-order valence-electron chi connectivity index (χ1n) is 6.25. The molecule has 0 aromatic heterocycles. The molecule has 1 aliphatic rings. The van der Waals surface area contributed by atoms with Crippen LogP contribution in [0.1, 0.15) is 37.3 Å². The van der Waals surface area contributed by atoms with Gasteiger partial charge in [-0.25, -0.2) is 0 Å². The number of hydrogen-bond acceptors (Lipinski definition) is 2. The minimum atomic E-state index is 0.360. The van der Waals surface area contributed by atoms with Crippen molar-refractivity contribution in [3.8, 4) is 5.75 Å². The average molecular weight is 254 g/mol. The summed E-state index contributed by atoms with van der Waals surface area (Å²) < 4.78 is 5.17. The van der Waals surface area contributed by atoms with Crippen LogP contribution in [0.3, 0.4) is 0 Å². The summed E-state index contributed by atoms with van der Waals surface area (Å²) in [6.07, 6.45) is 5.30. The fourth-order valence-corrected chi connectivity index (χ4v) is 2.68. The Morgan fingerprint density at radius 2 is 2.24 bits per heavy atom. The van der Waals surface area contributed by atoms with Gasteiger partial charge in [0.15, 0.2) is 0 Å². The van der Waals surface area contributed by atoms with Crippen LogP contribution in [-0.2, 0) is 0 Å². The first kappa shape index (κ1) is 12.7. The highest BCUT2D eigenvalue weighted by molar-refractivity contribution is 6.31. The van der Waals surface area contributed by atoms with Crippen molar-refractivity contribution in [3.63, 3.8) is 0 Å². The third-order valence-corrected chi connectivity index (χ3v) is 4.05. The largest absolute Gasteiger partial charge is 0.497 e. The molecule has 1 aromatic carbocycles. The highest BCUT2D eigenvalue weighted by atomic mass is 35.5. The molecule has 0 aliphatic heterocycles. The fourth-order valence-electron chi connectivity index (χ4n) is 2.38. The van der Waals surface area contributed by atoms with E-state index in [9.17, 15) is 0 Å². The zero-order chi connectivity index (χ0) is 12.3. The van der Waals surface area contributed by atoms with Gasteiger partial charge in [0.05, 0.1) is 7.11 Å². The zero-order valence-electron chi connectivity index (χ0n) is 10.5. The second-order valence-corrected chi connectivity index (χ2v) is 5.17. The minimum Gasteiger partial charge on any atom is -0.497 e. The summed E-state index contributed by atoms with van der Waals surface area (Å²) >= 11 is 6.31. The third kappa shape index (κ3) is 2.93. The molecule has 0 radical (unpaired) electrons. The quantitative estimate of drug-likeness (QED) is 0.862. The molecular weight excluding hydrogens is 234 g/mol. The average Bonchev–Trinajstić information content (AvgIpc) is 2.29. The van der Waals surface area contributed by atoms with Crippen molar-refractivity contribution in [1.29, 1.82) is 0 Å². The van der Waals surface area contributed by atoms with Crippen molar-refractivity contribution < 1.29 is 4.74 Å². The van der Waals surface area contributed by atoms with Gasteiger partial charge in [-0.1, -0.05) is 36.9 Å². The lowest BCUT2D eigenvalue weighted by atomic mass is 9.79. The number of rotatable bonds is 5. The van der Waals surface area contributed by atoms with Crippen LogP contribution in [0, 0.1) is 5.92 Å². The molecule has 17 heavy (non-hydrogen) atoms. The molecule has 1 aromatic rings. The predicted molar refractivity (Wildman–Crippen MR) is 71.8 cm³/mol. The molecule has 2 rings (SSSR count). The first-order valence-corrected chi connectivity index (χ1v) is 6.63. The minimum absolute atomic E-state index is 0.360. The van der Waals surface area contributed by atoms with Crippen molar-refractivity contribution in [2.45, 2.75) is 31.7 Å². The fraction of sp³-hybridized carbons (Fsp3) is 0.571. The highest BCUT2D eigenvalue weighted by Crippen LogP contribution is 2.37. The Labute approximate surface area is 108 Å². The molecule has 1 saturated carbocycles. The first-order chi connectivity index (χ1) is 8.24. The molecule has 1 fully saturated rings. The standard InChI is InChI=1S/C14H20ClNO/c1-16-14(8-10-4-3-5-10)12-7-6-11(17-2)9-13(12)15/h6-7,9-10,14,16H,3-5,8H2,1-2H3. The molecule has 0 bridgehead atoms. The smallest absolute Gasteiger partial charge is 0.120 e. The summed E-state index contributed by atoms with van der Waals surface area (Å²) in [7, 11) is 3.67. The summed E-state index contributed by atoms with van der Waals surface area (Å²) in [5.41, 5.74) is 1.18. The van der Waals surface area contributed by atoms with Crippen LogP contribution in [-0.4, -0.2) is 14.2 Å². The molecule has 2 nitrogen and oxygen atoms in total. The summed E-state index contributed by atoms with van der Waals surface area (Å²) in [5.74, 6) is 1.68. The van der Waals surface area contributed by atoms with Crippen LogP contribution in [0.4, 0.5) is 0 Å². The predicted octanol–water partition coefficient (Wildman–Crippen LogP) is 3.80. The molecule has 1 N–H and O–H groups in total. The number of ether oxygens (including phenoxy) is 1. The van der Waals surface area contributed by atoms with E-state index in [0.717, 1.165) is 16.7 Å². The molecule has 1 unspecified atom stereocenters. The summed E-state index contributed by atoms with van der Waals surface area (Å²) in [6, 6.07) is 6.30. The second kappa shape index (κ2) is 5.74. The number of nitrogens with one attached hydrogen (secondary N) is 1. The monoisotopic (exact) mass is 253 g/mol. The molecule has 0 spiro atoms. The lowest BCUT2D eigenvalue weighted by molar-refractivity contribution is 0.265. The van der Waals surface area contributed by atoms with E-state index < -0.39 is 0 Å². The van der Waals surface area contributed by atoms with E-state index in [1.807, 2.05) is 19.2 Å². The maximum Gasteiger partial charge on any atom is 0.120 e. The maximum atomic E-state index is 6.31. The van der Waals surface area contributed by atoms with Crippen LogP contribution in [0.15, 0.2) is 18.2 Å². The van der Waals surface area contributed by atoms with Gasteiger partial charge in [0.2, 0.25) is 0 Å². The molecule has 94 valence electrons. The Morgan fingerprint density at radius 3 is 2.71 bits per heavy atom. The van der Waals surface area contributed by atoms with E-state index in [0.29, 0.717) is 6.04 Å². The van der Waals surface area contributed by atoms with Gasteiger partial charge >= 0.3 is 0 Å². The van der Waals surface area contributed by atoms with Gasteiger partial charge in [-0.2, -0.15) is 0 Å². The zero-order valence-corrected chi connectivity index (χ0v) is 11.3. The van der Waals surface area contributed by atoms with Crippen molar-refractivity contribution >= 4 is 11.6 Å². The molecular formula is C14H20ClNO. The van der Waals surface area contributed by atoms with Crippen LogP contribution in [0.2, 0.25) is 5.02 Å². The van der Waals surface area contributed by atoms with E-state index >= 15 is 0 Å². The van der Waals surface area contributed by atoms with Gasteiger partial charge in [0.1, 0.15) is 5.75 Å². The lowest BCUT2D eigenvalue weighted by Gasteiger charge is -2.30. The Kier molecular flexibility index (Phi) is 4.30. The van der Waals surface area contributed by atoms with Gasteiger partial charge in [-0.05, 0) is 37.1 Å². The Morgan fingerprint density at radius 1 is 1.47 bits per heavy atom. The van der Waals surface area contributed by atoms with E-state index in [-0.39, 0.29) is 0 Å². The van der Waals surface area contributed by atoms with Crippen molar-refractivity contribution in [3.05, 3.63) is 28.8 Å². The summed E-state index contributed by atoms with van der Waals surface area (Å²) in [4.78, 5) is 0. The molecule has 0 saturated heterocycles. The maximum absolute atomic E-state index is 6.31. The van der Waals surface area contributed by atoms with Gasteiger partial charge < -0.3 is 10.1 Å². The Bertz CT molecular complexity index is 376. The van der Waals surface area contributed by atoms with E-state index in [1.54, 1.807) is 7.11 Å². The van der Waals surface area contributed by atoms with Gasteiger partial charge in [0, 0.05) is 11.1 Å². The van der Waals surface area contributed by atoms with E-state index in [1.165, 1.54) is 31.2 Å². The summed E-state index contributed by atoms with van der Waals surface area (Å²) in [6.45, 7) is 0. The number of methoxy groups -OCH3 is 1.